The van der Waals surface area contributed by atoms with Crippen LogP contribution in [0.15, 0.2) is 164 Å². The van der Waals surface area contributed by atoms with Crippen molar-refractivity contribution in [3.05, 3.63) is 180 Å². The molecule has 0 atom stereocenters. The third kappa shape index (κ3) is 4.65. The largest absolute Gasteiger partial charge is 0.453 e. The lowest BCUT2D eigenvalue weighted by Crippen LogP contribution is -2.33. The number of benzene rings is 7. The molecule has 236 valence electrons. The average Bonchev–Trinajstić information content (AvgIpc) is 3.14. The van der Waals surface area contributed by atoms with Gasteiger partial charge in [-0.25, -0.2) is 0 Å². The van der Waals surface area contributed by atoms with Crippen molar-refractivity contribution in [2.75, 3.05) is 9.80 Å². The van der Waals surface area contributed by atoms with Gasteiger partial charge in [-0.2, -0.15) is 0 Å². The summed E-state index contributed by atoms with van der Waals surface area (Å²) in [6, 6.07) is 58.5. The first-order valence-electron chi connectivity index (χ1n) is 16.9. The van der Waals surface area contributed by atoms with Crippen molar-refractivity contribution in [2.24, 2.45) is 0 Å². The van der Waals surface area contributed by atoms with Crippen LogP contribution >= 0.6 is 0 Å². The molecule has 0 spiro atoms. The third-order valence-corrected chi connectivity index (χ3v) is 10.1. The number of anilines is 6. The molecule has 0 radical (unpaired) electrons. The molecule has 7 aromatic carbocycles. The van der Waals surface area contributed by atoms with Gasteiger partial charge in [0, 0.05) is 22.5 Å². The lowest BCUT2D eigenvalue weighted by atomic mass is 9.70. The highest BCUT2D eigenvalue weighted by Gasteiger charge is 2.43. The van der Waals surface area contributed by atoms with Crippen molar-refractivity contribution >= 4 is 34.1 Å². The first kappa shape index (κ1) is 29.1. The molecule has 2 heterocycles. The van der Waals surface area contributed by atoms with Gasteiger partial charge in [0.1, 0.15) is 0 Å². The van der Waals surface area contributed by atoms with Crippen molar-refractivity contribution in [2.45, 2.75) is 26.2 Å². The van der Waals surface area contributed by atoms with Crippen LogP contribution in [0.2, 0.25) is 0 Å². The van der Waals surface area contributed by atoms with Crippen LogP contribution in [0.1, 0.15) is 30.5 Å². The molecular formula is C46H36N2O. The maximum absolute atomic E-state index is 6.65. The van der Waals surface area contributed by atoms with E-state index in [1.54, 1.807) is 0 Å². The Morgan fingerprint density at radius 1 is 0.510 bits per heavy atom. The van der Waals surface area contributed by atoms with Crippen LogP contribution in [0, 0.1) is 6.92 Å². The van der Waals surface area contributed by atoms with E-state index >= 15 is 0 Å². The lowest BCUT2D eigenvalue weighted by Gasteiger charge is -2.46. The molecule has 3 heteroatoms. The molecule has 7 aromatic rings. The molecule has 0 saturated carbocycles. The van der Waals surface area contributed by atoms with Crippen LogP contribution in [0.5, 0.6) is 11.5 Å². The highest BCUT2D eigenvalue weighted by atomic mass is 16.5. The molecule has 2 aliphatic rings. The molecule has 0 saturated heterocycles. The number of para-hydroxylation sites is 4. The number of fused-ring (bicyclic) bond motifs is 4. The van der Waals surface area contributed by atoms with E-state index in [9.17, 15) is 0 Å². The van der Waals surface area contributed by atoms with Gasteiger partial charge in [-0.05, 0) is 107 Å². The van der Waals surface area contributed by atoms with Gasteiger partial charge < -0.3 is 14.5 Å². The summed E-state index contributed by atoms with van der Waals surface area (Å²) >= 11 is 0. The molecule has 0 N–H and O–H groups in total. The molecule has 49 heavy (non-hydrogen) atoms. The number of hydrogen-bond acceptors (Lipinski definition) is 3. The maximum Gasteiger partial charge on any atom is 0.151 e. The van der Waals surface area contributed by atoms with E-state index in [1.807, 2.05) is 0 Å². The first-order valence-corrected chi connectivity index (χ1v) is 16.9. The molecule has 0 fully saturated rings. The van der Waals surface area contributed by atoms with Gasteiger partial charge in [0.2, 0.25) is 0 Å². The van der Waals surface area contributed by atoms with Crippen LogP contribution in [0.3, 0.4) is 0 Å². The molecule has 0 aromatic heterocycles. The SMILES string of the molecule is Cc1cccc2c1N1c3ccccc3C(C)(C)c3c(-c4cccc(-c5ccc(N(c6ccccc6)c6ccccc6)cc5)c4)ccc(c31)O2. The Hall–Kier alpha value is -6.06. The summed E-state index contributed by atoms with van der Waals surface area (Å²) in [5, 5.41) is 0. The highest BCUT2D eigenvalue weighted by Crippen LogP contribution is 2.62. The molecule has 9 rings (SSSR count). The van der Waals surface area contributed by atoms with Gasteiger partial charge in [0.15, 0.2) is 11.5 Å². The zero-order chi connectivity index (χ0) is 33.1. The molecule has 3 nitrogen and oxygen atoms in total. The quantitative estimate of drug-likeness (QED) is 0.188. The van der Waals surface area contributed by atoms with Gasteiger partial charge in [-0.3, -0.25) is 0 Å². The number of rotatable bonds is 5. The van der Waals surface area contributed by atoms with Gasteiger partial charge in [0.05, 0.1) is 17.1 Å². The van der Waals surface area contributed by atoms with Crippen LogP contribution in [-0.4, -0.2) is 0 Å². The van der Waals surface area contributed by atoms with Gasteiger partial charge in [-0.1, -0.05) is 117 Å². The van der Waals surface area contributed by atoms with Crippen molar-refractivity contribution in [3.63, 3.8) is 0 Å². The van der Waals surface area contributed by atoms with Crippen molar-refractivity contribution in [1.29, 1.82) is 0 Å². The Morgan fingerprint density at radius 2 is 1.12 bits per heavy atom. The zero-order valence-electron chi connectivity index (χ0n) is 27.9. The van der Waals surface area contributed by atoms with E-state index in [4.69, 9.17) is 4.74 Å². The molecule has 0 amide bonds. The minimum absolute atomic E-state index is 0.257. The van der Waals surface area contributed by atoms with Crippen LogP contribution < -0.4 is 14.5 Å². The monoisotopic (exact) mass is 632 g/mol. The van der Waals surface area contributed by atoms with E-state index < -0.39 is 0 Å². The Morgan fingerprint density at radius 3 is 1.86 bits per heavy atom. The van der Waals surface area contributed by atoms with Gasteiger partial charge in [-0.15, -0.1) is 0 Å². The Kier molecular flexibility index (Phi) is 6.70. The fraction of sp³-hybridized carbons (Fsp3) is 0.0870. The summed E-state index contributed by atoms with van der Waals surface area (Å²) in [5.74, 6) is 1.79. The number of nitrogens with zero attached hydrogens (tertiary/aromatic N) is 2. The number of ether oxygens (including phenoxy) is 1. The molecule has 0 aliphatic carbocycles. The smallest absolute Gasteiger partial charge is 0.151 e. The van der Waals surface area contributed by atoms with E-state index in [1.165, 1.54) is 44.6 Å². The second-order valence-electron chi connectivity index (χ2n) is 13.5. The average molecular weight is 633 g/mol. The molecule has 0 bridgehead atoms. The van der Waals surface area contributed by atoms with E-state index in [0.29, 0.717) is 0 Å². The first-order chi connectivity index (χ1) is 24.0. The fourth-order valence-electron chi connectivity index (χ4n) is 7.82. The molecule has 0 unspecified atom stereocenters. The van der Waals surface area contributed by atoms with Gasteiger partial charge in [0.25, 0.3) is 0 Å². The summed E-state index contributed by atoms with van der Waals surface area (Å²) in [7, 11) is 0. The third-order valence-electron chi connectivity index (χ3n) is 10.1. The minimum Gasteiger partial charge on any atom is -0.453 e. The van der Waals surface area contributed by atoms with E-state index in [0.717, 1.165) is 39.9 Å². The standard InChI is InChI=1S/C46H36N2O/c1-31-14-12-23-41-44(31)48-40-22-11-10-21-39(40)46(2,3)43-38(28-29-42(49-41)45(43)48)34-16-13-15-33(30-34)32-24-26-37(27-25-32)47(35-17-6-4-7-18-35)36-19-8-5-9-20-36/h4-30H,1-3H3. The Labute approximate surface area is 288 Å². The lowest BCUT2D eigenvalue weighted by molar-refractivity contribution is 0.471. The van der Waals surface area contributed by atoms with Crippen LogP contribution in [0.4, 0.5) is 34.1 Å². The van der Waals surface area contributed by atoms with Crippen LogP contribution in [-0.2, 0) is 5.41 Å². The summed E-state index contributed by atoms with van der Waals surface area (Å²) in [6.45, 7) is 6.87. The van der Waals surface area contributed by atoms with Crippen LogP contribution in [0.25, 0.3) is 22.3 Å². The molecule has 2 aliphatic heterocycles. The second kappa shape index (κ2) is 11.3. The van der Waals surface area contributed by atoms with E-state index in [2.05, 4.69) is 194 Å². The maximum atomic E-state index is 6.65. The predicted octanol–water partition coefficient (Wildman–Crippen LogP) is 13.0. The Balaban J connectivity index is 1.15. The van der Waals surface area contributed by atoms with Crippen molar-refractivity contribution in [1.82, 2.24) is 0 Å². The summed E-state index contributed by atoms with van der Waals surface area (Å²) in [5.41, 5.74) is 15.2. The number of hydrogen-bond donors (Lipinski definition) is 0. The topological polar surface area (TPSA) is 15.7 Å². The fourth-order valence-corrected chi connectivity index (χ4v) is 7.82. The van der Waals surface area contributed by atoms with Crippen molar-refractivity contribution < 1.29 is 4.74 Å². The second-order valence-corrected chi connectivity index (χ2v) is 13.5. The number of aryl methyl sites for hydroxylation is 1. The highest BCUT2D eigenvalue weighted by molar-refractivity contribution is 5.97. The summed E-state index contributed by atoms with van der Waals surface area (Å²) in [4.78, 5) is 4.74. The summed E-state index contributed by atoms with van der Waals surface area (Å²) < 4.78 is 6.65. The van der Waals surface area contributed by atoms with Crippen molar-refractivity contribution in [3.8, 4) is 33.8 Å². The Bertz CT molecular complexity index is 2300. The minimum atomic E-state index is -0.257. The normalized spacial score (nSPS) is 13.5. The predicted molar refractivity (Wildman–Crippen MR) is 204 cm³/mol. The molecular weight excluding hydrogens is 597 g/mol. The van der Waals surface area contributed by atoms with Gasteiger partial charge >= 0.3 is 0 Å². The summed E-state index contributed by atoms with van der Waals surface area (Å²) in [6.07, 6.45) is 0. The zero-order valence-corrected chi connectivity index (χ0v) is 27.9. The van der Waals surface area contributed by atoms with E-state index in [-0.39, 0.29) is 5.41 Å².